The number of rotatable bonds is 24. The van der Waals surface area contributed by atoms with E-state index in [0.717, 1.165) is 37.4 Å². The number of nitrogens with one attached hydrogen (secondary N) is 4. The summed E-state index contributed by atoms with van der Waals surface area (Å²) < 4.78 is 0. The van der Waals surface area contributed by atoms with Crippen molar-refractivity contribution in [3.63, 3.8) is 0 Å². The molecule has 2 aromatic carbocycles. The molecule has 3 rings (SSSR count). The summed E-state index contributed by atoms with van der Waals surface area (Å²) in [5.41, 5.74) is 14.2. The molecule has 1 atom stereocenters. The Hall–Kier alpha value is -5.89. The number of para-hydroxylation sites is 1. The number of hydrogen-bond donors (Lipinski definition) is 9. The van der Waals surface area contributed by atoms with E-state index in [4.69, 9.17) is 26.2 Å². The van der Waals surface area contributed by atoms with E-state index in [-0.39, 0.29) is 52.1 Å². The lowest BCUT2D eigenvalue weighted by Gasteiger charge is -2.28. The second-order valence-electron chi connectivity index (χ2n) is 12.6. The van der Waals surface area contributed by atoms with E-state index in [1.54, 1.807) is 35.4 Å². The lowest BCUT2D eigenvalue weighted by molar-refractivity contribution is -0.143. The van der Waals surface area contributed by atoms with E-state index in [1.165, 1.54) is 0 Å². The first kappa shape index (κ1) is 42.5. The van der Waals surface area contributed by atoms with Crippen molar-refractivity contribution in [3.8, 4) is 0 Å². The minimum Gasteiger partial charge on any atom is -0.480 e. The predicted molar refractivity (Wildman–Crippen MR) is 193 cm³/mol. The van der Waals surface area contributed by atoms with Gasteiger partial charge in [-0.3, -0.25) is 59.1 Å². The summed E-state index contributed by atoms with van der Waals surface area (Å²) in [4.78, 5) is 89.6. The van der Waals surface area contributed by atoms with Crippen LogP contribution in [0.2, 0.25) is 0 Å². The van der Waals surface area contributed by atoms with Crippen LogP contribution in [0.5, 0.6) is 0 Å². The summed E-state index contributed by atoms with van der Waals surface area (Å²) in [5.74, 6) is -6.35. The van der Waals surface area contributed by atoms with Crippen LogP contribution in [0.3, 0.4) is 0 Å². The Morgan fingerprint density at radius 3 is 1.72 bits per heavy atom. The molecule has 0 aliphatic carbocycles. The van der Waals surface area contributed by atoms with Crippen LogP contribution in [0, 0.1) is 0 Å². The highest BCUT2D eigenvalue weighted by Crippen LogP contribution is 2.18. The van der Waals surface area contributed by atoms with Crippen molar-refractivity contribution in [1.82, 2.24) is 35.9 Å². The zero-order valence-corrected chi connectivity index (χ0v) is 29.5. The van der Waals surface area contributed by atoms with Gasteiger partial charge in [-0.25, -0.2) is 0 Å². The largest absolute Gasteiger partial charge is 0.480 e. The van der Waals surface area contributed by atoms with Crippen LogP contribution < -0.4 is 21.9 Å². The smallest absolute Gasteiger partial charge is 0.317 e. The van der Waals surface area contributed by atoms with Crippen LogP contribution in [-0.4, -0.2) is 147 Å². The first-order chi connectivity index (χ1) is 25.7. The van der Waals surface area contributed by atoms with Crippen LogP contribution in [0.4, 0.5) is 0 Å². The van der Waals surface area contributed by atoms with Gasteiger partial charge in [0, 0.05) is 56.2 Å². The monoisotopic (exact) mass is 754 g/mol. The minimum atomic E-state index is -1.24. The molecule has 54 heavy (non-hydrogen) atoms. The van der Waals surface area contributed by atoms with Crippen molar-refractivity contribution in [3.05, 3.63) is 71.4 Å². The molecule has 292 valence electrons. The molecule has 3 aromatic rings. The third-order valence-electron chi connectivity index (χ3n) is 8.20. The number of carboxylic acids is 4. The summed E-state index contributed by atoms with van der Waals surface area (Å²) in [5, 5.41) is 40.3. The summed E-state index contributed by atoms with van der Waals surface area (Å²) >= 11 is 0. The van der Waals surface area contributed by atoms with Gasteiger partial charge in [0.15, 0.2) is 0 Å². The van der Waals surface area contributed by atoms with E-state index >= 15 is 0 Å². The van der Waals surface area contributed by atoms with E-state index in [2.05, 4.69) is 21.2 Å². The number of amides is 3. The predicted octanol–water partition coefficient (Wildman–Crippen LogP) is -1.32. The SMILES string of the molecule is NC(Cc1c[nH]c2ccccc12)C(=O)NNC(=O)CCc1ccc(CNC(=O)CN(CCN(CC(=O)O)CC(=O)O)CCN(CC(=O)O)CC(=O)O)cc1. The number of carboxylic acid groups (broad SMARTS) is 4. The molecular formula is C35H46N8O11. The number of fused-ring (bicyclic) bond motifs is 1. The number of nitrogens with two attached hydrogens (primary N) is 1. The van der Waals surface area contributed by atoms with Crippen molar-refractivity contribution in [2.45, 2.75) is 31.8 Å². The molecule has 1 heterocycles. The van der Waals surface area contributed by atoms with Crippen molar-refractivity contribution < 1.29 is 54.0 Å². The maximum Gasteiger partial charge on any atom is 0.317 e. The van der Waals surface area contributed by atoms with Crippen molar-refractivity contribution in [2.24, 2.45) is 5.73 Å². The van der Waals surface area contributed by atoms with Crippen molar-refractivity contribution >= 4 is 52.5 Å². The molecule has 10 N–H and O–H groups in total. The number of aromatic amines is 1. The number of hydrogen-bond acceptors (Lipinski definition) is 11. The summed E-state index contributed by atoms with van der Waals surface area (Å²) in [7, 11) is 0. The number of aliphatic carboxylic acids is 4. The normalized spacial score (nSPS) is 11.8. The molecule has 0 spiro atoms. The summed E-state index contributed by atoms with van der Waals surface area (Å²) in [6.07, 6.45) is 2.53. The molecule has 0 aliphatic heterocycles. The minimum absolute atomic E-state index is 0.0335. The molecule has 0 saturated heterocycles. The van der Waals surface area contributed by atoms with Crippen molar-refractivity contribution in [1.29, 1.82) is 0 Å². The Kier molecular flexibility index (Phi) is 17.0. The fraction of sp³-hybridized carbons (Fsp3) is 0.400. The van der Waals surface area contributed by atoms with E-state index in [0.29, 0.717) is 6.42 Å². The van der Waals surface area contributed by atoms with Gasteiger partial charge >= 0.3 is 23.9 Å². The standard InChI is InChI=1S/C35H46N8O11/c36-27(15-25-17-37-28-4-2-1-3-26(25)28)35(54)40-39-29(44)10-9-23-5-7-24(8-6-23)16-38-30(45)18-41(11-13-42(19-31(46)47)20-32(48)49)12-14-43(21-33(50)51)22-34(52)53/h1-8,17,27,37H,9-16,18-22,36H2,(H,38,45)(H,39,44)(H,40,54)(H,46,47)(H,48,49)(H,50,51)(H,52,53). The van der Waals surface area contributed by atoms with Crippen LogP contribution in [0.15, 0.2) is 54.7 Å². The Labute approximate surface area is 310 Å². The fourth-order valence-corrected chi connectivity index (χ4v) is 5.49. The van der Waals surface area contributed by atoms with Gasteiger partial charge in [-0.15, -0.1) is 0 Å². The van der Waals surface area contributed by atoms with Gasteiger partial charge in [0.2, 0.25) is 11.8 Å². The molecule has 19 heteroatoms. The molecule has 0 fully saturated rings. The number of H-pyrrole nitrogens is 1. The van der Waals surface area contributed by atoms with Gasteiger partial charge in [0.25, 0.3) is 5.91 Å². The van der Waals surface area contributed by atoms with Crippen LogP contribution in [0.25, 0.3) is 10.9 Å². The molecule has 0 aliphatic rings. The van der Waals surface area contributed by atoms with E-state index < -0.39 is 73.8 Å². The van der Waals surface area contributed by atoms with Gasteiger partial charge in [-0.05, 0) is 35.6 Å². The second kappa shape index (κ2) is 21.6. The maximum absolute atomic E-state index is 12.9. The molecule has 3 amide bonds. The van der Waals surface area contributed by atoms with Crippen LogP contribution in [0.1, 0.15) is 23.1 Å². The number of carbonyl (C=O) groups is 7. The zero-order chi connectivity index (χ0) is 39.6. The highest BCUT2D eigenvalue weighted by Gasteiger charge is 2.20. The molecule has 1 aromatic heterocycles. The number of carbonyl (C=O) groups excluding carboxylic acids is 3. The van der Waals surface area contributed by atoms with Gasteiger partial charge < -0.3 is 36.5 Å². The molecule has 1 unspecified atom stereocenters. The van der Waals surface area contributed by atoms with Crippen LogP contribution >= 0.6 is 0 Å². The van der Waals surface area contributed by atoms with Crippen LogP contribution in [-0.2, 0) is 52.9 Å². The second-order valence-corrected chi connectivity index (χ2v) is 12.6. The molecular weight excluding hydrogens is 708 g/mol. The lowest BCUT2D eigenvalue weighted by Crippen LogP contribution is -2.50. The van der Waals surface area contributed by atoms with Gasteiger partial charge in [0.1, 0.15) is 0 Å². The third kappa shape index (κ3) is 15.8. The Balaban J connectivity index is 1.46. The number of hydrazine groups is 1. The maximum atomic E-state index is 12.9. The highest BCUT2D eigenvalue weighted by molar-refractivity contribution is 5.87. The first-order valence-electron chi connectivity index (χ1n) is 17.0. The summed E-state index contributed by atoms with van der Waals surface area (Å²) in [6, 6.07) is 13.9. The van der Waals surface area contributed by atoms with E-state index in [1.807, 2.05) is 24.3 Å². The number of aryl methyl sites for hydroxylation is 1. The topological polar surface area (TPSA) is 288 Å². The zero-order valence-electron chi connectivity index (χ0n) is 29.5. The van der Waals surface area contributed by atoms with Crippen molar-refractivity contribution in [2.75, 3.05) is 58.9 Å². The highest BCUT2D eigenvalue weighted by atomic mass is 16.4. The fourth-order valence-electron chi connectivity index (χ4n) is 5.49. The molecule has 0 radical (unpaired) electrons. The molecule has 0 saturated carbocycles. The third-order valence-corrected chi connectivity index (χ3v) is 8.20. The van der Waals surface area contributed by atoms with Gasteiger partial charge in [-0.1, -0.05) is 42.5 Å². The average molecular weight is 755 g/mol. The number of nitrogens with zero attached hydrogens (tertiary/aromatic N) is 3. The Morgan fingerprint density at radius 2 is 1.17 bits per heavy atom. The Bertz CT molecular complexity index is 1690. The average Bonchev–Trinajstić information content (AvgIpc) is 3.51. The lowest BCUT2D eigenvalue weighted by atomic mass is 10.1. The first-order valence-corrected chi connectivity index (χ1v) is 17.0. The number of aromatic nitrogens is 1. The molecule has 0 bridgehead atoms. The van der Waals surface area contributed by atoms with E-state index in [9.17, 15) is 33.6 Å². The Morgan fingerprint density at radius 1 is 0.648 bits per heavy atom. The van der Waals surface area contributed by atoms with Gasteiger partial charge in [0.05, 0.1) is 38.8 Å². The van der Waals surface area contributed by atoms with Gasteiger partial charge in [-0.2, -0.15) is 0 Å². The summed E-state index contributed by atoms with van der Waals surface area (Å²) in [6.45, 7) is -2.36. The number of benzene rings is 2. The quantitative estimate of drug-likeness (QED) is 0.0480. The molecule has 19 nitrogen and oxygen atoms in total.